The van der Waals surface area contributed by atoms with Gasteiger partial charge >= 0.3 is 12.2 Å². The molecule has 6 rings (SSSR count). The fourth-order valence-electron chi connectivity index (χ4n) is 6.11. The maximum atomic E-state index is 15.3. The monoisotopic (exact) mass is 672 g/mol. The first-order chi connectivity index (χ1) is 22.7. The molecule has 4 aromatic rings. The molecule has 0 bridgehead atoms. The number of aromatic nitrogens is 3. The van der Waals surface area contributed by atoms with Crippen LogP contribution in [0.5, 0.6) is 0 Å². The molecule has 0 atom stereocenters. The highest BCUT2D eigenvalue weighted by atomic mass is 19.4. The molecular formula is C32H36F4N8O4. The molecule has 1 saturated carbocycles. The standard InChI is InChI=1S/C31H34F4N8O2.CH2O2/c1-30(45)15-20(16-30)28-40-25(26-27(36)37-7-8-43(26)28)18-4-6-24(23(32)13-18)39-29(44)38-21-5-3-19(22(14-21)31(33,34)35)17-42-11-9-41(2)10-12-42;2-1-3/h3-8,13-14,20,45H,9-12,15-17H2,1-2H3,(H2,36,37)(H2,38,39,44);1H,(H,2,3). The minimum atomic E-state index is -4.62. The molecular weight excluding hydrogens is 636 g/mol. The minimum Gasteiger partial charge on any atom is -0.483 e. The van der Waals surface area contributed by atoms with Gasteiger partial charge in [-0.15, -0.1) is 0 Å². The summed E-state index contributed by atoms with van der Waals surface area (Å²) in [5.74, 6) is 0.0802. The number of carboxylic acid groups (broad SMARTS) is 1. The number of nitrogens with zero attached hydrogens (tertiary/aromatic N) is 5. The van der Waals surface area contributed by atoms with Gasteiger partial charge in [-0.3, -0.25) is 14.1 Å². The van der Waals surface area contributed by atoms with Crippen LogP contribution >= 0.6 is 0 Å². The number of anilines is 3. The Kier molecular flexibility index (Phi) is 9.89. The van der Waals surface area contributed by atoms with Gasteiger partial charge in [0, 0.05) is 62.3 Å². The van der Waals surface area contributed by atoms with E-state index in [4.69, 9.17) is 20.6 Å². The summed E-state index contributed by atoms with van der Waals surface area (Å²) in [7, 11) is 1.97. The molecule has 1 aliphatic heterocycles. The molecule has 3 heterocycles. The number of urea groups is 1. The van der Waals surface area contributed by atoms with Crippen molar-refractivity contribution in [3.05, 3.63) is 71.6 Å². The van der Waals surface area contributed by atoms with Crippen LogP contribution in [0.1, 0.15) is 42.6 Å². The van der Waals surface area contributed by atoms with Crippen molar-refractivity contribution in [2.24, 2.45) is 0 Å². The first-order valence-electron chi connectivity index (χ1n) is 15.1. The molecule has 1 aliphatic carbocycles. The number of hydrogen-bond donors (Lipinski definition) is 5. The second-order valence-corrected chi connectivity index (χ2v) is 12.3. The van der Waals surface area contributed by atoms with E-state index in [9.17, 15) is 23.1 Å². The minimum absolute atomic E-state index is 0.0174. The lowest BCUT2D eigenvalue weighted by Gasteiger charge is -2.40. The number of piperazine rings is 1. The van der Waals surface area contributed by atoms with E-state index >= 15 is 4.39 Å². The average molecular weight is 673 g/mol. The zero-order valence-electron chi connectivity index (χ0n) is 26.3. The molecule has 0 spiro atoms. The van der Waals surface area contributed by atoms with E-state index < -0.39 is 29.2 Å². The number of nitrogens with two attached hydrogens (primary N) is 1. The third-order valence-corrected chi connectivity index (χ3v) is 8.50. The van der Waals surface area contributed by atoms with E-state index in [-0.39, 0.29) is 41.7 Å². The molecule has 2 aliphatic rings. The number of hydrogen-bond acceptors (Lipinski definition) is 8. The highest BCUT2D eigenvalue weighted by Crippen LogP contribution is 2.45. The Morgan fingerprint density at radius 3 is 2.44 bits per heavy atom. The summed E-state index contributed by atoms with van der Waals surface area (Å²) in [6, 6.07) is 6.86. The summed E-state index contributed by atoms with van der Waals surface area (Å²) in [6.45, 7) is 4.51. The zero-order valence-corrected chi connectivity index (χ0v) is 26.3. The van der Waals surface area contributed by atoms with Gasteiger partial charge in [0.15, 0.2) is 0 Å². The molecule has 1 saturated heterocycles. The second-order valence-electron chi connectivity index (χ2n) is 12.3. The van der Waals surface area contributed by atoms with Gasteiger partial charge in [0.25, 0.3) is 6.47 Å². The number of imidazole rings is 1. The Balaban J connectivity index is 0.00000145. The maximum Gasteiger partial charge on any atom is 0.416 e. The summed E-state index contributed by atoms with van der Waals surface area (Å²) in [4.78, 5) is 34.1. The quantitative estimate of drug-likeness (QED) is 0.142. The largest absolute Gasteiger partial charge is 0.483 e. The van der Waals surface area contributed by atoms with Crippen molar-refractivity contribution < 1.29 is 37.4 Å². The van der Waals surface area contributed by atoms with Crippen molar-refractivity contribution in [1.29, 1.82) is 0 Å². The van der Waals surface area contributed by atoms with Gasteiger partial charge in [-0.2, -0.15) is 13.2 Å². The van der Waals surface area contributed by atoms with Crippen molar-refractivity contribution in [2.75, 3.05) is 49.6 Å². The van der Waals surface area contributed by atoms with Crippen LogP contribution < -0.4 is 16.4 Å². The van der Waals surface area contributed by atoms with Crippen LogP contribution in [0.2, 0.25) is 0 Å². The average Bonchev–Trinajstić information content (AvgIpc) is 3.39. The number of nitrogens with one attached hydrogen (secondary N) is 2. The second kappa shape index (κ2) is 13.7. The third kappa shape index (κ3) is 7.67. The fraction of sp³-hybridized carbons (Fsp3) is 0.375. The summed E-state index contributed by atoms with van der Waals surface area (Å²) < 4.78 is 58.9. The van der Waals surface area contributed by atoms with E-state index in [1.165, 1.54) is 24.3 Å². The predicted molar refractivity (Wildman–Crippen MR) is 171 cm³/mol. The lowest BCUT2D eigenvalue weighted by Crippen LogP contribution is -2.44. The van der Waals surface area contributed by atoms with E-state index in [0.717, 1.165) is 19.2 Å². The number of aliphatic hydroxyl groups is 1. The van der Waals surface area contributed by atoms with Crippen molar-refractivity contribution >= 4 is 35.2 Å². The number of carbonyl (C=O) groups is 2. The molecule has 12 nitrogen and oxygen atoms in total. The van der Waals surface area contributed by atoms with Crippen LogP contribution in [0, 0.1) is 5.82 Å². The number of halogens is 4. The summed E-state index contributed by atoms with van der Waals surface area (Å²) in [5, 5.41) is 21.9. The smallest absolute Gasteiger partial charge is 0.416 e. The fourth-order valence-corrected chi connectivity index (χ4v) is 6.11. The van der Waals surface area contributed by atoms with Gasteiger partial charge in [0.2, 0.25) is 0 Å². The van der Waals surface area contributed by atoms with Crippen LogP contribution in [0.25, 0.3) is 16.8 Å². The summed E-state index contributed by atoms with van der Waals surface area (Å²) >= 11 is 0. The lowest BCUT2D eigenvalue weighted by molar-refractivity contribution is -0.138. The third-order valence-electron chi connectivity index (χ3n) is 8.50. The van der Waals surface area contributed by atoms with Gasteiger partial charge in [-0.05, 0) is 56.6 Å². The Hall–Kier alpha value is -4.80. The Morgan fingerprint density at radius 1 is 1.12 bits per heavy atom. The van der Waals surface area contributed by atoms with Gasteiger partial charge in [0.05, 0.1) is 16.9 Å². The number of fused-ring (bicyclic) bond motifs is 1. The van der Waals surface area contributed by atoms with E-state index in [0.29, 0.717) is 48.5 Å². The summed E-state index contributed by atoms with van der Waals surface area (Å²) in [5.41, 5.74) is 5.70. The molecule has 2 aromatic heterocycles. The Bertz CT molecular complexity index is 1800. The van der Waals surface area contributed by atoms with E-state index in [1.54, 1.807) is 29.8 Å². The zero-order chi connectivity index (χ0) is 34.8. The van der Waals surface area contributed by atoms with Gasteiger partial charge in [-0.25, -0.2) is 19.2 Å². The molecule has 256 valence electrons. The van der Waals surface area contributed by atoms with Gasteiger partial charge < -0.3 is 31.5 Å². The Morgan fingerprint density at radius 2 is 1.81 bits per heavy atom. The molecule has 0 unspecified atom stereocenters. The molecule has 6 N–H and O–H groups in total. The highest BCUT2D eigenvalue weighted by molar-refractivity contribution is 6.00. The number of alkyl halides is 3. The summed E-state index contributed by atoms with van der Waals surface area (Å²) in [6.07, 6.45) is -0.332. The predicted octanol–water partition coefficient (Wildman–Crippen LogP) is 4.86. The van der Waals surface area contributed by atoms with Crippen LogP contribution in [-0.4, -0.2) is 85.7 Å². The number of likely N-dealkylation sites (N-methyl/N-ethyl adjacent to an activating group) is 1. The lowest BCUT2D eigenvalue weighted by atomic mass is 9.72. The van der Waals surface area contributed by atoms with Gasteiger partial charge in [0.1, 0.15) is 28.7 Å². The number of amides is 2. The SMILES string of the molecule is CN1CCN(Cc2ccc(NC(=O)Nc3ccc(-c4nc(C5CC(C)(O)C5)n5ccnc(N)c45)cc3F)cc2C(F)(F)F)CC1.O=CO. The van der Waals surface area contributed by atoms with Crippen LogP contribution in [0.4, 0.5) is 39.5 Å². The molecule has 16 heteroatoms. The van der Waals surface area contributed by atoms with Crippen molar-refractivity contribution in [2.45, 2.75) is 44.0 Å². The van der Waals surface area contributed by atoms with Crippen molar-refractivity contribution in [1.82, 2.24) is 24.2 Å². The highest BCUT2D eigenvalue weighted by Gasteiger charge is 2.42. The number of rotatable bonds is 6. The van der Waals surface area contributed by atoms with Crippen LogP contribution in [0.15, 0.2) is 48.8 Å². The van der Waals surface area contributed by atoms with Crippen LogP contribution in [-0.2, 0) is 17.5 Å². The first-order valence-corrected chi connectivity index (χ1v) is 15.1. The normalized spacial score (nSPS) is 20.0. The molecule has 2 fully saturated rings. The first kappa shape index (κ1) is 34.5. The van der Waals surface area contributed by atoms with Crippen molar-refractivity contribution in [3.8, 4) is 11.3 Å². The van der Waals surface area contributed by atoms with Crippen LogP contribution in [0.3, 0.4) is 0 Å². The van der Waals surface area contributed by atoms with E-state index in [2.05, 4.69) is 20.5 Å². The maximum absolute atomic E-state index is 15.3. The molecule has 48 heavy (non-hydrogen) atoms. The molecule has 2 aromatic carbocycles. The number of carbonyl (C=O) groups excluding carboxylic acids is 1. The number of benzene rings is 2. The van der Waals surface area contributed by atoms with Gasteiger partial charge in [-0.1, -0.05) is 12.1 Å². The van der Waals surface area contributed by atoms with E-state index in [1.807, 2.05) is 11.9 Å². The molecule has 0 radical (unpaired) electrons. The number of nitrogen functional groups attached to an aromatic ring is 1. The Labute approximate surface area is 273 Å². The molecule has 2 amide bonds. The van der Waals surface area contributed by atoms with Crippen molar-refractivity contribution in [3.63, 3.8) is 0 Å². The topological polar surface area (TPSA) is 161 Å².